The fourth-order valence-electron chi connectivity index (χ4n) is 2.74. The van der Waals surface area contributed by atoms with Gasteiger partial charge in [-0.05, 0) is 56.5 Å². The van der Waals surface area contributed by atoms with E-state index in [0.29, 0.717) is 6.04 Å². The second kappa shape index (κ2) is 6.50. The number of aliphatic hydroxyl groups excluding tert-OH is 1. The molecule has 0 saturated heterocycles. The van der Waals surface area contributed by atoms with Crippen molar-refractivity contribution in [2.24, 2.45) is 0 Å². The maximum atomic E-state index is 8.92. The summed E-state index contributed by atoms with van der Waals surface area (Å²) in [7, 11) is 1.68. The van der Waals surface area contributed by atoms with Gasteiger partial charge in [0, 0.05) is 18.0 Å². The van der Waals surface area contributed by atoms with Gasteiger partial charge >= 0.3 is 0 Å². The van der Waals surface area contributed by atoms with Crippen LogP contribution in [0.1, 0.15) is 31.4 Å². The van der Waals surface area contributed by atoms with E-state index in [-0.39, 0.29) is 6.61 Å². The molecule has 1 N–H and O–H groups in total. The van der Waals surface area contributed by atoms with E-state index in [4.69, 9.17) is 14.3 Å². The van der Waals surface area contributed by atoms with E-state index in [1.165, 1.54) is 12.8 Å². The fraction of sp³-hybridized carbons (Fsp3) is 0.529. The third-order valence-corrected chi connectivity index (χ3v) is 4.05. The standard InChI is InChI=1S/C17H23NO3/c1-20-15-6-7-17-13(10-15)11-16(21-17)12-18(14-4-5-14)8-2-3-9-19/h6-7,10-11,14,19H,2-5,8-9,12H2,1H3. The van der Waals surface area contributed by atoms with E-state index in [1.54, 1.807) is 7.11 Å². The van der Waals surface area contributed by atoms with Crippen molar-refractivity contribution in [3.63, 3.8) is 0 Å². The third kappa shape index (κ3) is 3.57. The van der Waals surface area contributed by atoms with Gasteiger partial charge in [0.15, 0.2) is 0 Å². The van der Waals surface area contributed by atoms with Crippen molar-refractivity contribution in [3.8, 4) is 5.75 Å². The number of fused-ring (bicyclic) bond motifs is 1. The summed E-state index contributed by atoms with van der Waals surface area (Å²) in [5, 5.41) is 10.0. The molecule has 4 heteroatoms. The second-order valence-electron chi connectivity index (χ2n) is 5.75. The highest BCUT2D eigenvalue weighted by Gasteiger charge is 2.29. The molecule has 1 heterocycles. The van der Waals surface area contributed by atoms with Crippen molar-refractivity contribution >= 4 is 11.0 Å². The molecule has 0 radical (unpaired) electrons. The Balaban J connectivity index is 1.70. The minimum Gasteiger partial charge on any atom is -0.497 e. The van der Waals surface area contributed by atoms with Crippen LogP contribution in [-0.2, 0) is 6.54 Å². The molecule has 0 unspecified atom stereocenters. The molecule has 114 valence electrons. The molecule has 1 fully saturated rings. The summed E-state index contributed by atoms with van der Waals surface area (Å²) >= 11 is 0. The van der Waals surface area contributed by atoms with Gasteiger partial charge in [-0.2, -0.15) is 0 Å². The molecule has 1 aliphatic carbocycles. The SMILES string of the molecule is COc1ccc2oc(CN(CCCCO)C3CC3)cc2c1. The summed E-state index contributed by atoms with van der Waals surface area (Å²) in [6, 6.07) is 8.71. The van der Waals surface area contributed by atoms with Gasteiger partial charge in [0.25, 0.3) is 0 Å². The molecule has 0 amide bonds. The molecule has 1 aromatic carbocycles. The van der Waals surface area contributed by atoms with Crippen LogP contribution in [0, 0.1) is 0 Å². The molecule has 0 spiro atoms. The molecule has 21 heavy (non-hydrogen) atoms. The molecule has 1 aliphatic rings. The average molecular weight is 289 g/mol. The van der Waals surface area contributed by atoms with Crippen molar-refractivity contribution in [3.05, 3.63) is 30.0 Å². The zero-order valence-electron chi connectivity index (χ0n) is 12.5. The molecular weight excluding hydrogens is 266 g/mol. The van der Waals surface area contributed by atoms with Crippen LogP contribution in [0.4, 0.5) is 0 Å². The Hall–Kier alpha value is -1.52. The van der Waals surface area contributed by atoms with Crippen LogP contribution in [-0.4, -0.2) is 36.3 Å². The van der Waals surface area contributed by atoms with Crippen molar-refractivity contribution in [2.75, 3.05) is 20.3 Å². The first-order chi connectivity index (χ1) is 10.3. The van der Waals surface area contributed by atoms with Crippen LogP contribution in [0.5, 0.6) is 5.75 Å². The minimum atomic E-state index is 0.281. The summed E-state index contributed by atoms with van der Waals surface area (Å²) in [5.74, 6) is 1.87. The van der Waals surface area contributed by atoms with E-state index in [2.05, 4.69) is 11.0 Å². The van der Waals surface area contributed by atoms with Gasteiger partial charge in [-0.15, -0.1) is 0 Å². The highest BCUT2D eigenvalue weighted by Crippen LogP contribution is 2.30. The molecule has 2 aromatic rings. The van der Waals surface area contributed by atoms with Crippen molar-refractivity contribution in [1.82, 2.24) is 4.90 Å². The largest absolute Gasteiger partial charge is 0.497 e. The number of ether oxygens (including phenoxy) is 1. The molecule has 1 aromatic heterocycles. The first-order valence-corrected chi connectivity index (χ1v) is 7.71. The van der Waals surface area contributed by atoms with Crippen LogP contribution in [0.2, 0.25) is 0 Å². The van der Waals surface area contributed by atoms with E-state index < -0.39 is 0 Å². The third-order valence-electron chi connectivity index (χ3n) is 4.05. The van der Waals surface area contributed by atoms with Gasteiger partial charge in [0.05, 0.1) is 13.7 Å². The number of aliphatic hydroxyl groups is 1. The lowest BCUT2D eigenvalue weighted by Crippen LogP contribution is -2.26. The quantitative estimate of drug-likeness (QED) is 0.758. The van der Waals surface area contributed by atoms with Crippen LogP contribution < -0.4 is 4.74 Å². The Kier molecular flexibility index (Phi) is 4.46. The molecule has 0 bridgehead atoms. The van der Waals surface area contributed by atoms with Gasteiger partial charge in [0.2, 0.25) is 0 Å². The summed E-state index contributed by atoms with van der Waals surface area (Å²) in [4.78, 5) is 2.48. The van der Waals surface area contributed by atoms with Crippen LogP contribution in [0.25, 0.3) is 11.0 Å². The van der Waals surface area contributed by atoms with Crippen LogP contribution in [0.3, 0.4) is 0 Å². The number of methoxy groups -OCH3 is 1. The van der Waals surface area contributed by atoms with Gasteiger partial charge in [0.1, 0.15) is 17.1 Å². The Morgan fingerprint density at radius 2 is 2.14 bits per heavy atom. The van der Waals surface area contributed by atoms with Crippen molar-refractivity contribution in [1.29, 1.82) is 0 Å². The fourth-order valence-corrected chi connectivity index (χ4v) is 2.74. The van der Waals surface area contributed by atoms with Crippen LogP contribution >= 0.6 is 0 Å². The van der Waals surface area contributed by atoms with Gasteiger partial charge < -0.3 is 14.3 Å². The molecule has 0 atom stereocenters. The second-order valence-corrected chi connectivity index (χ2v) is 5.75. The highest BCUT2D eigenvalue weighted by molar-refractivity contribution is 5.79. The predicted octanol–water partition coefficient (Wildman–Crippen LogP) is 3.18. The highest BCUT2D eigenvalue weighted by atomic mass is 16.5. The molecule has 0 aliphatic heterocycles. The van der Waals surface area contributed by atoms with Crippen molar-refractivity contribution in [2.45, 2.75) is 38.3 Å². The van der Waals surface area contributed by atoms with Gasteiger partial charge in [-0.1, -0.05) is 0 Å². The Morgan fingerprint density at radius 3 is 2.86 bits per heavy atom. The number of hydrogen-bond acceptors (Lipinski definition) is 4. The van der Waals surface area contributed by atoms with E-state index >= 15 is 0 Å². The lowest BCUT2D eigenvalue weighted by molar-refractivity contribution is 0.217. The monoisotopic (exact) mass is 289 g/mol. The number of nitrogens with zero attached hydrogens (tertiary/aromatic N) is 1. The number of unbranched alkanes of at least 4 members (excludes halogenated alkanes) is 1. The zero-order valence-corrected chi connectivity index (χ0v) is 12.5. The first kappa shape index (κ1) is 14.4. The number of rotatable bonds is 8. The minimum absolute atomic E-state index is 0.281. The van der Waals surface area contributed by atoms with Crippen LogP contribution in [0.15, 0.2) is 28.7 Å². The van der Waals surface area contributed by atoms with E-state index in [9.17, 15) is 0 Å². The van der Waals surface area contributed by atoms with Gasteiger partial charge in [-0.25, -0.2) is 0 Å². The first-order valence-electron chi connectivity index (χ1n) is 7.71. The topological polar surface area (TPSA) is 45.8 Å². The Morgan fingerprint density at radius 1 is 1.29 bits per heavy atom. The maximum Gasteiger partial charge on any atom is 0.134 e. The molecule has 1 saturated carbocycles. The summed E-state index contributed by atoms with van der Waals surface area (Å²) < 4.78 is 11.2. The normalized spacial score (nSPS) is 15.0. The summed E-state index contributed by atoms with van der Waals surface area (Å²) in [6.45, 7) is 2.17. The molecular formula is C17H23NO3. The Bertz CT molecular complexity index is 589. The zero-order chi connectivity index (χ0) is 14.7. The van der Waals surface area contributed by atoms with Crippen molar-refractivity contribution < 1.29 is 14.3 Å². The van der Waals surface area contributed by atoms with E-state index in [1.807, 2.05) is 18.2 Å². The smallest absolute Gasteiger partial charge is 0.134 e. The molecule has 3 rings (SSSR count). The summed E-state index contributed by atoms with van der Waals surface area (Å²) in [5.41, 5.74) is 0.914. The van der Waals surface area contributed by atoms with E-state index in [0.717, 1.165) is 48.4 Å². The lowest BCUT2D eigenvalue weighted by Gasteiger charge is -2.20. The average Bonchev–Trinajstić information content (AvgIpc) is 3.26. The molecule has 4 nitrogen and oxygen atoms in total. The number of hydrogen-bond donors (Lipinski definition) is 1. The summed E-state index contributed by atoms with van der Waals surface area (Å²) in [6.07, 6.45) is 4.49. The number of benzene rings is 1. The maximum absolute atomic E-state index is 8.92. The number of furan rings is 1. The van der Waals surface area contributed by atoms with Gasteiger partial charge in [-0.3, -0.25) is 4.90 Å². The predicted molar refractivity (Wildman–Crippen MR) is 82.5 cm³/mol. The Labute approximate surface area is 125 Å². The lowest BCUT2D eigenvalue weighted by atomic mass is 10.2.